The molecular formula is C25H22N2O4. The Morgan fingerprint density at radius 3 is 2.26 bits per heavy atom. The number of rotatable bonds is 5. The molecule has 3 aromatic carbocycles. The van der Waals surface area contributed by atoms with E-state index in [0.29, 0.717) is 41.2 Å². The molecule has 3 N–H and O–H groups in total. The van der Waals surface area contributed by atoms with Gasteiger partial charge in [-0.15, -0.1) is 0 Å². The van der Waals surface area contributed by atoms with Crippen LogP contribution < -0.4 is 15.2 Å². The van der Waals surface area contributed by atoms with Crippen LogP contribution in [0.4, 0.5) is 0 Å². The van der Waals surface area contributed by atoms with Crippen LogP contribution in [0.2, 0.25) is 0 Å². The number of Topliss-reactive ketones (excluding diaryl/α,β-unsaturated/α-hetero) is 1. The first kappa shape index (κ1) is 20.6. The number of nitrogens with zero attached hydrogens (tertiary/aromatic N) is 1. The molecule has 2 atom stereocenters. The molecule has 6 heteroatoms. The number of hydrogen-bond donors (Lipinski definition) is 2. The maximum absolute atomic E-state index is 12.2. The molecule has 0 spiro atoms. The Balaban J connectivity index is 1.74. The zero-order chi connectivity index (χ0) is 22.0. The van der Waals surface area contributed by atoms with Crippen LogP contribution >= 0.6 is 0 Å². The summed E-state index contributed by atoms with van der Waals surface area (Å²) in [6.45, 7) is 2.23. The normalized spacial score (nSPS) is 14.7. The van der Waals surface area contributed by atoms with Gasteiger partial charge in [0.15, 0.2) is 5.78 Å². The average molecular weight is 414 g/mol. The Morgan fingerprint density at radius 2 is 1.65 bits per heavy atom. The minimum atomic E-state index is -1.05. The van der Waals surface area contributed by atoms with Crippen LogP contribution in [-0.4, -0.2) is 17.5 Å². The second-order valence-corrected chi connectivity index (χ2v) is 7.43. The maximum atomic E-state index is 12.2. The average Bonchev–Trinajstić information content (AvgIpc) is 2.79. The number of hydrogen-bond acceptors (Lipinski definition) is 6. The lowest BCUT2D eigenvalue weighted by Gasteiger charge is -2.25. The van der Waals surface area contributed by atoms with Crippen LogP contribution in [-0.2, 0) is 0 Å². The molecule has 1 heterocycles. The number of ketones is 1. The fourth-order valence-corrected chi connectivity index (χ4v) is 3.64. The minimum Gasteiger partial charge on any atom is -0.492 e. The van der Waals surface area contributed by atoms with Crippen LogP contribution in [0.15, 0.2) is 60.7 Å². The fraction of sp³-hybridized carbons (Fsp3) is 0.200. The summed E-state index contributed by atoms with van der Waals surface area (Å²) in [6, 6.07) is 20.0. The van der Waals surface area contributed by atoms with Crippen molar-refractivity contribution in [2.45, 2.75) is 25.7 Å². The van der Waals surface area contributed by atoms with Crippen LogP contribution in [0.25, 0.3) is 0 Å². The molecule has 0 aromatic heterocycles. The largest absolute Gasteiger partial charge is 0.492 e. The summed E-state index contributed by atoms with van der Waals surface area (Å²) in [4.78, 5) is 12.2. The van der Waals surface area contributed by atoms with E-state index < -0.39 is 12.3 Å². The van der Waals surface area contributed by atoms with Crippen molar-refractivity contribution in [3.05, 3.63) is 94.0 Å². The SMILES string of the molecule is Cc1c(O[C@H](c2ccc(C#N)cc2)c2ccc([C@H](N)O)cc2)ccc2c1OCCC2=O. The highest BCUT2D eigenvalue weighted by molar-refractivity contribution is 6.00. The van der Waals surface area contributed by atoms with Crippen molar-refractivity contribution in [1.82, 2.24) is 0 Å². The Hall–Kier alpha value is -3.66. The van der Waals surface area contributed by atoms with Gasteiger partial charge in [0.2, 0.25) is 0 Å². The van der Waals surface area contributed by atoms with Crippen molar-refractivity contribution in [2.24, 2.45) is 5.73 Å². The van der Waals surface area contributed by atoms with Gasteiger partial charge in [-0.25, -0.2) is 0 Å². The first-order valence-corrected chi connectivity index (χ1v) is 9.97. The summed E-state index contributed by atoms with van der Waals surface area (Å²) in [5, 5.41) is 18.7. The zero-order valence-electron chi connectivity index (χ0n) is 17.0. The van der Waals surface area contributed by atoms with Gasteiger partial charge >= 0.3 is 0 Å². The Bertz CT molecular complexity index is 1150. The second kappa shape index (κ2) is 8.60. The summed E-state index contributed by atoms with van der Waals surface area (Å²) in [6.07, 6.45) is -1.16. The number of ether oxygens (including phenoxy) is 2. The monoisotopic (exact) mass is 414 g/mol. The van der Waals surface area contributed by atoms with E-state index in [9.17, 15) is 9.90 Å². The maximum Gasteiger partial charge on any atom is 0.170 e. The van der Waals surface area contributed by atoms with Gasteiger partial charge in [-0.05, 0) is 47.9 Å². The third-order valence-corrected chi connectivity index (χ3v) is 5.40. The lowest BCUT2D eigenvalue weighted by molar-refractivity contribution is 0.0932. The van der Waals surface area contributed by atoms with Crippen molar-refractivity contribution in [1.29, 1.82) is 5.26 Å². The van der Waals surface area contributed by atoms with Gasteiger partial charge in [-0.2, -0.15) is 5.26 Å². The van der Waals surface area contributed by atoms with E-state index in [0.717, 1.165) is 16.7 Å². The van der Waals surface area contributed by atoms with Crippen molar-refractivity contribution in [2.75, 3.05) is 6.61 Å². The fourth-order valence-electron chi connectivity index (χ4n) is 3.64. The number of aliphatic hydroxyl groups excluding tert-OH is 1. The van der Waals surface area contributed by atoms with Crippen LogP contribution in [0.5, 0.6) is 11.5 Å². The summed E-state index contributed by atoms with van der Waals surface area (Å²) < 4.78 is 12.2. The molecule has 0 unspecified atom stereocenters. The third-order valence-electron chi connectivity index (χ3n) is 5.40. The van der Waals surface area contributed by atoms with Gasteiger partial charge in [0.25, 0.3) is 0 Å². The van der Waals surface area contributed by atoms with Gasteiger partial charge in [-0.3, -0.25) is 4.79 Å². The summed E-state index contributed by atoms with van der Waals surface area (Å²) in [7, 11) is 0. The Kier molecular flexibility index (Phi) is 5.72. The molecule has 1 aliphatic heterocycles. The van der Waals surface area contributed by atoms with Gasteiger partial charge in [0, 0.05) is 12.0 Å². The lowest BCUT2D eigenvalue weighted by Crippen LogP contribution is -2.17. The highest BCUT2D eigenvalue weighted by Crippen LogP contribution is 2.38. The number of benzene rings is 3. The highest BCUT2D eigenvalue weighted by atomic mass is 16.5. The highest BCUT2D eigenvalue weighted by Gasteiger charge is 2.24. The van der Waals surface area contributed by atoms with E-state index in [1.807, 2.05) is 31.2 Å². The number of carbonyl (C=O) groups is 1. The van der Waals surface area contributed by atoms with E-state index in [2.05, 4.69) is 6.07 Å². The smallest absolute Gasteiger partial charge is 0.170 e. The molecule has 1 aliphatic rings. The van der Waals surface area contributed by atoms with E-state index in [1.165, 1.54) is 0 Å². The number of nitriles is 1. The number of aliphatic hydroxyl groups is 1. The molecule has 0 aliphatic carbocycles. The summed E-state index contributed by atoms with van der Waals surface area (Å²) in [5.41, 5.74) is 9.75. The summed E-state index contributed by atoms with van der Waals surface area (Å²) in [5.74, 6) is 1.23. The number of fused-ring (bicyclic) bond motifs is 1. The molecule has 0 bridgehead atoms. The van der Waals surface area contributed by atoms with Crippen molar-refractivity contribution in [3.8, 4) is 17.6 Å². The topological polar surface area (TPSA) is 106 Å². The molecule has 3 aromatic rings. The van der Waals surface area contributed by atoms with Gasteiger partial charge in [0.05, 0.1) is 23.8 Å². The minimum absolute atomic E-state index is 0.0653. The van der Waals surface area contributed by atoms with E-state index in [1.54, 1.807) is 36.4 Å². The number of nitrogens with two attached hydrogens (primary N) is 1. The molecule has 0 amide bonds. The van der Waals surface area contributed by atoms with Gasteiger partial charge < -0.3 is 20.3 Å². The summed E-state index contributed by atoms with van der Waals surface area (Å²) >= 11 is 0. The van der Waals surface area contributed by atoms with E-state index in [4.69, 9.17) is 20.5 Å². The molecule has 4 rings (SSSR count). The van der Waals surface area contributed by atoms with Gasteiger partial charge in [-0.1, -0.05) is 36.4 Å². The molecule has 6 nitrogen and oxygen atoms in total. The van der Waals surface area contributed by atoms with E-state index >= 15 is 0 Å². The standard InChI is InChI=1S/C25H22N2O4/c1-15-22(11-10-20-21(28)12-13-30-23(15)20)31-24(17-4-2-16(14-26)3-5-17)18-6-8-19(9-7-18)25(27)29/h2-11,24-25,29H,12-13,27H2,1H3/t24-,25-/m1/s1. The third kappa shape index (κ3) is 4.15. The second-order valence-electron chi connectivity index (χ2n) is 7.43. The van der Waals surface area contributed by atoms with Crippen LogP contribution in [0, 0.1) is 18.3 Å². The molecular weight excluding hydrogens is 392 g/mol. The zero-order valence-corrected chi connectivity index (χ0v) is 17.0. The van der Waals surface area contributed by atoms with Crippen molar-refractivity contribution in [3.63, 3.8) is 0 Å². The Morgan fingerprint density at radius 1 is 1.03 bits per heavy atom. The quantitative estimate of drug-likeness (QED) is 0.613. The van der Waals surface area contributed by atoms with Crippen LogP contribution in [0.1, 0.15) is 56.9 Å². The molecule has 0 saturated heterocycles. The molecule has 0 radical (unpaired) electrons. The van der Waals surface area contributed by atoms with Crippen molar-refractivity contribution < 1.29 is 19.4 Å². The first-order valence-electron chi connectivity index (χ1n) is 9.97. The molecule has 31 heavy (non-hydrogen) atoms. The van der Waals surface area contributed by atoms with Crippen LogP contribution in [0.3, 0.4) is 0 Å². The molecule has 0 fully saturated rings. The predicted molar refractivity (Wildman–Crippen MR) is 115 cm³/mol. The van der Waals surface area contributed by atoms with E-state index in [-0.39, 0.29) is 5.78 Å². The molecule has 156 valence electrons. The van der Waals surface area contributed by atoms with Gasteiger partial charge in [0.1, 0.15) is 23.8 Å². The van der Waals surface area contributed by atoms with Crippen molar-refractivity contribution >= 4 is 5.78 Å². The Labute approximate surface area is 180 Å². The molecule has 0 saturated carbocycles. The number of carbonyl (C=O) groups excluding carboxylic acids is 1. The predicted octanol–water partition coefficient (Wildman–Crippen LogP) is 3.95. The first-order chi connectivity index (χ1) is 15.0. The lowest BCUT2D eigenvalue weighted by atomic mass is 9.98.